The highest BCUT2D eigenvalue weighted by atomic mass is 16.5. The van der Waals surface area contributed by atoms with E-state index in [2.05, 4.69) is 37.5 Å². The number of ether oxygens (including phenoxy) is 1. The number of rotatable bonds is 19. The number of aliphatic carboxylic acids is 1. The first-order valence-corrected chi connectivity index (χ1v) is 32.8. The van der Waals surface area contributed by atoms with Crippen molar-refractivity contribution in [2.24, 2.45) is 5.73 Å². The molecule has 0 spiro atoms. The summed E-state index contributed by atoms with van der Waals surface area (Å²) in [6, 6.07) is 45.3. The maximum absolute atomic E-state index is 13.5. The third-order valence-corrected chi connectivity index (χ3v) is 18.2. The molecule has 0 unspecified atom stereocenters. The number of esters is 1. The smallest absolute Gasteiger partial charge is 0.310 e. The van der Waals surface area contributed by atoms with Crippen molar-refractivity contribution < 1.29 is 38.6 Å². The minimum absolute atomic E-state index is 0.0788. The fourth-order valence-electron chi connectivity index (χ4n) is 13.8. The Bertz CT molecular complexity index is 4290. The van der Waals surface area contributed by atoms with Crippen LogP contribution in [0.5, 0.6) is 0 Å². The zero-order valence-electron chi connectivity index (χ0n) is 54.6. The summed E-state index contributed by atoms with van der Waals surface area (Å²) in [7, 11) is 0. The number of hydrogen-bond donors (Lipinski definition) is 2. The number of amides is 1. The summed E-state index contributed by atoms with van der Waals surface area (Å²) in [4.78, 5) is 81.7. The van der Waals surface area contributed by atoms with Gasteiger partial charge < -0.3 is 29.3 Å². The number of nitrogens with two attached hydrogens (primary N) is 1. The highest BCUT2D eigenvalue weighted by Crippen LogP contribution is 2.35. The highest BCUT2D eigenvalue weighted by Gasteiger charge is 2.28. The number of carbonyl (C=O) groups is 6. The van der Waals surface area contributed by atoms with E-state index in [1.54, 1.807) is 49.4 Å². The number of carboxylic acids is 1. The molecule has 95 heavy (non-hydrogen) atoms. The standard InChI is InChI=1S/C27H29N3O3.C25H26N4O2.C25H25N3O3/c1-3-33-26(32)16-21-9-12-23-24(15-21)30(22-10-7-20(17-28)8-11-22)19(2)27(23)25(31)18-29-13-5-4-6-14-29;1-17-25(23(30)16-28-11-3-2-4-12-28)21-10-7-19(14-24(27)31)13-22(21)29(17)20-8-5-18(15-26)6-9-20;1-17-25(23(29)16-27-11-3-2-4-12-27)21-10-7-19(14-24(30)31)13-22(21)28(17)20-8-5-18(15-26)6-9-20/h7-12,15H,3-6,13-14,16,18H2,1-2H3;5-10,13H,2-4,11-12,14,16H2,1H3,(H2,27,31);5-10,13H,2-4,11-12,14,16H2,1H3,(H,30,31). The van der Waals surface area contributed by atoms with Gasteiger partial charge in [0.05, 0.1) is 97.0 Å². The van der Waals surface area contributed by atoms with Crippen molar-refractivity contribution in [2.45, 2.75) is 105 Å². The van der Waals surface area contributed by atoms with E-state index >= 15 is 0 Å². The summed E-state index contributed by atoms with van der Waals surface area (Å²) in [6.07, 6.45) is 10.7. The number of fused-ring (bicyclic) bond motifs is 3. The van der Waals surface area contributed by atoms with E-state index in [9.17, 15) is 39.1 Å². The van der Waals surface area contributed by atoms with Crippen LogP contribution in [0.3, 0.4) is 0 Å². The monoisotopic (exact) mass is 1270 g/mol. The first-order chi connectivity index (χ1) is 46.0. The van der Waals surface area contributed by atoms with Crippen LogP contribution in [-0.2, 0) is 38.4 Å². The number of likely N-dealkylation sites (tertiary alicyclic amines) is 3. The number of carbonyl (C=O) groups excluding carboxylic acids is 5. The number of primary amides is 1. The predicted octanol–water partition coefficient (Wildman–Crippen LogP) is 12.2. The zero-order chi connectivity index (χ0) is 67.3. The highest BCUT2D eigenvalue weighted by molar-refractivity contribution is 6.13. The van der Waals surface area contributed by atoms with Crippen LogP contribution in [0.15, 0.2) is 127 Å². The van der Waals surface area contributed by atoms with Crippen LogP contribution in [0.25, 0.3) is 49.8 Å². The Morgan fingerprint density at radius 2 is 0.726 bits per heavy atom. The molecule has 18 nitrogen and oxygen atoms in total. The van der Waals surface area contributed by atoms with Gasteiger partial charge in [-0.3, -0.25) is 43.5 Å². The molecule has 3 N–H and O–H groups in total. The van der Waals surface area contributed by atoms with Crippen molar-refractivity contribution in [3.63, 3.8) is 0 Å². The molecule has 0 radical (unpaired) electrons. The van der Waals surface area contributed by atoms with E-state index in [4.69, 9.17) is 21.0 Å². The number of Topliss-reactive ketones (excluding diaryl/α,β-unsaturated/α-hetero) is 3. The molecule has 18 heteroatoms. The lowest BCUT2D eigenvalue weighted by Gasteiger charge is -2.25. The number of aromatic nitrogens is 3. The number of carboxylic acid groups (broad SMARTS) is 1. The first kappa shape index (κ1) is 67.6. The van der Waals surface area contributed by atoms with Crippen LogP contribution in [0.1, 0.15) is 146 Å². The van der Waals surface area contributed by atoms with E-state index in [0.29, 0.717) is 54.1 Å². The molecule has 1 amide bonds. The van der Waals surface area contributed by atoms with Gasteiger partial charge in [0.1, 0.15) is 0 Å². The van der Waals surface area contributed by atoms with Crippen LogP contribution in [0.4, 0.5) is 0 Å². The molecule has 3 fully saturated rings. The summed E-state index contributed by atoms with van der Waals surface area (Å²) >= 11 is 0. The van der Waals surface area contributed by atoms with E-state index in [1.165, 1.54) is 19.3 Å². The molecule has 0 aliphatic carbocycles. The number of nitriles is 3. The van der Waals surface area contributed by atoms with E-state index in [-0.39, 0.29) is 42.6 Å². The minimum atomic E-state index is -0.894. The van der Waals surface area contributed by atoms with Gasteiger partial charge in [-0.25, -0.2) is 0 Å². The molecule has 9 aromatic rings. The SMILES string of the molecule is CCOC(=O)Cc1ccc2c(C(=O)CN3CCCCC3)c(C)n(-c3ccc(C#N)cc3)c2c1.Cc1c(C(=O)CN2CCCCC2)c2ccc(CC(=O)O)cc2n1-c1ccc(C#N)cc1.Cc1c(C(=O)CN2CCCCC2)c2ccc(CC(N)=O)cc2n1-c1ccc(C#N)cc1. The van der Waals surface area contributed by atoms with Crippen molar-refractivity contribution in [3.05, 3.63) is 195 Å². The lowest BCUT2D eigenvalue weighted by molar-refractivity contribution is -0.142. The van der Waals surface area contributed by atoms with Gasteiger partial charge >= 0.3 is 11.9 Å². The predicted molar refractivity (Wildman–Crippen MR) is 367 cm³/mol. The first-order valence-electron chi connectivity index (χ1n) is 32.8. The Kier molecular flexibility index (Phi) is 22.1. The van der Waals surface area contributed by atoms with Gasteiger partial charge in [-0.15, -0.1) is 0 Å². The second-order valence-corrected chi connectivity index (χ2v) is 24.9. The number of nitrogens with zero attached hydrogens (tertiary/aromatic N) is 9. The quantitative estimate of drug-likeness (QED) is 0.0564. The Hall–Kier alpha value is -10.3. The summed E-state index contributed by atoms with van der Waals surface area (Å²) in [5.74, 6) is -1.25. The normalized spacial score (nSPS) is 14.4. The van der Waals surface area contributed by atoms with Crippen LogP contribution in [0.2, 0.25) is 0 Å². The molecule has 0 saturated carbocycles. The minimum Gasteiger partial charge on any atom is -0.481 e. The summed E-state index contributed by atoms with van der Waals surface area (Å²) < 4.78 is 11.2. The van der Waals surface area contributed by atoms with Crippen molar-refractivity contribution in [1.82, 2.24) is 28.4 Å². The summed E-state index contributed by atoms with van der Waals surface area (Å²) in [6.45, 7) is 14.9. The van der Waals surface area contributed by atoms with Crippen LogP contribution in [-0.4, -0.2) is 134 Å². The molecule has 486 valence electrons. The van der Waals surface area contributed by atoms with Crippen molar-refractivity contribution >= 4 is 67.9 Å². The lowest BCUT2D eigenvalue weighted by atomic mass is 10.0. The summed E-state index contributed by atoms with van der Waals surface area (Å²) in [5, 5.41) is 39.2. The number of ketones is 3. The average molecular weight is 1270 g/mol. The second kappa shape index (κ2) is 31.1. The van der Waals surface area contributed by atoms with Gasteiger partial charge in [0.2, 0.25) is 5.91 Å². The van der Waals surface area contributed by atoms with E-state index in [0.717, 1.165) is 167 Å². The van der Waals surface area contributed by atoms with Gasteiger partial charge in [0.15, 0.2) is 17.3 Å². The van der Waals surface area contributed by atoms with E-state index < -0.39 is 11.9 Å². The number of piperidine rings is 3. The van der Waals surface area contributed by atoms with Gasteiger partial charge in [-0.05, 0) is 213 Å². The molecule has 3 saturated heterocycles. The maximum atomic E-state index is 13.5. The van der Waals surface area contributed by atoms with Crippen LogP contribution in [0, 0.1) is 54.8 Å². The zero-order valence-corrected chi connectivity index (χ0v) is 54.6. The van der Waals surface area contributed by atoms with Gasteiger partial charge in [-0.2, -0.15) is 15.8 Å². The second-order valence-electron chi connectivity index (χ2n) is 24.9. The molecule has 12 rings (SSSR count). The third kappa shape index (κ3) is 15.9. The van der Waals surface area contributed by atoms with Crippen molar-refractivity contribution in [3.8, 4) is 35.3 Å². The fraction of sp³-hybridized carbons (Fsp3) is 0.338. The molecular weight excluding hydrogens is 1190 g/mol. The van der Waals surface area contributed by atoms with E-state index in [1.807, 2.05) is 115 Å². The fourth-order valence-corrected chi connectivity index (χ4v) is 13.8. The summed E-state index contributed by atoms with van der Waals surface area (Å²) in [5.41, 5.74) is 19.3. The number of benzene rings is 6. The molecule has 3 aliphatic rings. The average Bonchev–Trinajstić information content (AvgIpc) is 1.62. The Balaban J connectivity index is 0.000000155. The van der Waals surface area contributed by atoms with Crippen molar-refractivity contribution in [1.29, 1.82) is 15.8 Å². The molecule has 0 atom stereocenters. The van der Waals surface area contributed by atoms with Crippen LogP contribution < -0.4 is 5.73 Å². The Morgan fingerprint density at radius 3 is 1.00 bits per heavy atom. The Morgan fingerprint density at radius 1 is 0.432 bits per heavy atom. The lowest BCUT2D eigenvalue weighted by Crippen LogP contribution is -2.34. The molecule has 3 aliphatic heterocycles. The Labute approximate surface area is 553 Å². The van der Waals surface area contributed by atoms with Gasteiger partial charge in [0, 0.05) is 67.0 Å². The third-order valence-electron chi connectivity index (χ3n) is 18.2. The van der Waals surface area contributed by atoms with Gasteiger partial charge in [-0.1, -0.05) is 55.7 Å². The molecule has 6 heterocycles. The van der Waals surface area contributed by atoms with Crippen LogP contribution >= 0.6 is 0 Å². The van der Waals surface area contributed by atoms with Gasteiger partial charge in [0.25, 0.3) is 0 Å². The van der Waals surface area contributed by atoms with Crippen molar-refractivity contribution in [2.75, 3.05) is 65.5 Å². The molecule has 0 bridgehead atoms. The molecule has 6 aromatic carbocycles. The maximum Gasteiger partial charge on any atom is 0.310 e. The molecule has 3 aromatic heterocycles. The molecular formula is C77H80N10O8. The number of hydrogen-bond acceptors (Lipinski definition) is 13. The topological polar surface area (TPSA) is 254 Å². The largest absolute Gasteiger partial charge is 0.481 e.